The number of anilines is 2. The molecule has 0 aromatic heterocycles. The number of carbonyl (C=O) groups is 3. The van der Waals surface area contributed by atoms with Gasteiger partial charge in [-0.2, -0.15) is 0 Å². The molecule has 202 valence electrons. The zero-order chi connectivity index (χ0) is 28.3. The van der Waals surface area contributed by atoms with Gasteiger partial charge in [-0.05, 0) is 59.7 Å². The number of fused-ring (bicyclic) bond motifs is 6. The van der Waals surface area contributed by atoms with E-state index < -0.39 is 23.4 Å². The minimum absolute atomic E-state index is 0.257. The average molecular weight is 561 g/mol. The number of amides is 1. The smallest absolute Gasteiger partial charge is 0.238 e. The van der Waals surface area contributed by atoms with Gasteiger partial charge >= 0.3 is 0 Å². The first-order chi connectivity index (χ1) is 19.9. The molecule has 7 heteroatoms. The van der Waals surface area contributed by atoms with Gasteiger partial charge in [-0.1, -0.05) is 72.3 Å². The Balaban J connectivity index is 1.53. The van der Waals surface area contributed by atoms with Gasteiger partial charge in [0.1, 0.15) is 17.2 Å². The third-order valence-corrected chi connectivity index (χ3v) is 8.83. The number of Topliss-reactive ketones (excluding diaryl/α,β-unsaturated/α-hetero) is 2. The van der Waals surface area contributed by atoms with Crippen LogP contribution in [0.25, 0.3) is 6.08 Å². The Morgan fingerprint density at radius 1 is 0.878 bits per heavy atom. The number of carbonyl (C=O) groups excluding carboxylic acids is 3. The van der Waals surface area contributed by atoms with Crippen LogP contribution in [0.2, 0.25) is 5.02 Å². The fraction of sp³-hybridized carbons (Fsp3) is 0.147. The van der Waals surface area contributed by atoms with Gasteiger partial charge in [0.15, 0.2) is 11.6 Å². The second-order valence-corrected chi connectivity index (χ2v) is 11.0. The summed E-state index contributed by atoms with van der Waals surface area (Å²) in [6, 6.07) is 27.2. The van der Waals surface area contributed by atoms with Crippen molar-refractivity contribution in [3.8, 4) is 5.75 Å². The summed E-state index contributed by atoms with van der Waals surface area (Å²) in [6.07, 6.45) is 3.94. The summed E-state index contributed by atoms with van der Waals surface area (Å²) in [5.41, 5.74) is 2.48. The van der Waals surface area contributed by atoms with E-state index in [4.69, 9.17) is 16.3 Å². The maximum atomic E-state index is 14.8. The van der Waals surface area contributed by atoms with Crippen molar-refractivity contribution in [3.63, 3.8) is 0 Å². The van der Waals surface area contributed by atoms with E-state index in [9.17, 15) is 14.4 Å². The second-order valence-electron chi connectivity index (χ2n) is 10.5. The fourth-order valence-corrected chi connectivity index (χ4v) is 6.99. The first-order valence-electron chi connectivity index (χ1n) is 13.4. The number of nitrogens with one attached hydrogen (secondary N) is 1. The summed E-state index contributed by atoms with van der Waals surface area (Å²) in [5.74, 6) is -1.40. The standard InChI is InChI=1S/C34H25ClN2O4/c1-41-24-9-6-8-22(19-24)31(38)29-30(32(39)21-13-16-23(35)17-14-21)37-27-12-5-2-7-20(27)15-18-28(37)34(29)25-10-3-4-11-26(25)36-33(34)40/h2-19,28-30H,1H3,(H,36,40). The van der Waals surface area contributed by atoms with Crippen LogP contribution in [0.4, 0.5) is 11.4 Å². The highest BCUT2D eigenvalue weighted by molar-refractivity contribution is 6.30. The normalized spacial score (nSPS) is 23.5. The molecule has 0 bridgehead atoms. The Bertz CT molecular complexity index is 1760. The number of rotatable bonds is 5. The first-order valence-corrected chi connectivity index (χ1v) is 13.8. The Morgan fingerprint density at radius 2 is 1.63 bits per heavy atom. The summed E-state index contributed by atoms with van der Waals surface area (Å²) in [5, 5.41) is 3.55. The first kappa shape index (κ1) is 25.3. The van der Waals surface area contributed by atoms with Crippen molar-refractivity contribution < 1.29 is 19.1 Å². The number of para-hydroxylation sites is 2. The van der Waals surface area contributed by atoms with Crippen molar-refractivity contribution in [2.24, 2.45) is 5.92 Å². The molecule has 0 saturated carbocycles. The maximum Gasteiger partial charge on any atom is 0.238 e. The number of hydrogen-bond acceptors (Lipinski definition) is 5. The SMILES string of the molecule is COc1cccc(C(=O)C2C(C(=O)c3ccc(Cl)cc3)N3c4ccccc4C=CC3C23C(=O)Nc2ccccc23)c1. The molecule has 3 aliphatic rings. The van der Waals surface area contributed by atoms with Crippen LogP contribution in [0.5, 0.6) is 5.75 Å². The van der Waals surface area contributed by atoms with Crippen LogP contribution in [0.15, 0.2) is 103 Å². The van der Waals surface area contributed by atoms with E-state index in [0.717, 1.165) is 11.3 Å². The summed E-state index contributed by atoms with van der Waals surface area (Å²) >= 11 is 6.17. The van der Waals surface area contributed by atoms with Crippen LogP contribution >= 0.6 is 11.6 Å². The number of ether oxygens (including phenoxy) is 1. The van der Waals surface area contributed by atoms with Gasteiger partial charge in [0, 0.05) is 27.5 Å². The monoisotopic (exact) mass is 560 g/mol. The van der Waals surface area contributed by atoms with Crippen molar-refractivity contribution in [2.45, 2.75) is 17.5 Å². The molecular formula is C34H25ClN2O4. The molecule has 4 aromatic rings. The van der Waals surface area contributed by atoms with E-state index in [1.165, 1.54) is 7.11 Å². The zero-order valence-corrected chi connectivity index (χ0v) is 22.8. The van der Waals surface area contributed by atoms with E-state index >= 15 is 0 Å². The molecule has 0 aliphatic carbocycles. The lowest BCUT2D eigenvalue weighted by molar-refractivity contribution is -0.121. The number of hydrogen-bond donors (Lipinski definition) is 1. The molecule has 4 atom stereocenters. The highest BCUT2D eigenvalue weighted by atomic mass is 35.5. The number of halogens is 1. The Morgan fingerprint density at radius 3 is 2.44 bits per heavy atom. The van der Waals surface area contributed by atoms with Gasteiger partial charge in [-0.25, -0.2) is 0 Å². The van der Waals surface area contributed by atoms with Gasteiger partial charge < -0.3 is 15.0 Å². The van der Waals surface area contributed by atoms with E-state index in [2.05, 4.69) is 5.32 Å². The van der Waals surface area contributed by atoms with E-state index in [1.54, 1.807) is 48.5 Å². The van der Waals surface area contributed by atoms with Crippen molar-refractivity contribution in [2.75, 3.05) is 17.3 Å². The Kier molecular flexibility index (Phi) is 5.84. The minimum atomic E-state index is -1.37. The maximum absolute atomic E-state index is 14.8. The molecule has 4 aromatic carbocycles. The largest absolute Gasteiger partial charge is 0.497 e. The molecule has 7 rings (SSSR count). The van der Waals surface area contributed by atoms with E-state index in [0.29, 0.717) is 33.1 Å². The lowest BCUT2D eigenvalue weighted by atomic mass is 9.64. The van der Waals surface area contributed by atoms with Crippen LogP contribution < -0.4 is 15.0 Å². The number of ketones is 2. The van der Waals surface area contributed by atoms with E-state index in [1.807, 2.05) is 65.6 Å². The molecule has 4 unspecified atom stereocenters. The summed E-state index contributed by atoms with van der Waals surface area (Å²) in [7, 11) is 1.54. The summed E-state index contributed by atoms with van der Waals surface area (Å²) < 4.78 is 5.43. The molecule has 1 spiro atoms. The van der Waals surface area contributed by atoms with Crippen LogP contribution in [0, 0.1) is 5.92 Å². The lowest BCUT2D eigenvalue weighted by Crippen LogP contribution is -2.51. The predicted molar refractivity (Wildman–Crippen MR) is 159 cm³/mol. The van der Waals surface area contributed by atoms with E-state index in [-0.39, 0.29) is 17.5 Å². The zero-order valence-electron chi connectivity index (χ0n) is 22.1. The topological polar surface area (TPSA) is 75.7 Å². The molecule has 3 heterocycles. The molecule has 1 N–H and O–H groups in total. The van der Waals surface area contributed by atoms with Crippen molar-refractivity contribution in [1.29, 1.82) is 0 Å². The quantitative estimate of drug-likeness (QED) is 0.294. The molecule has 6 nitrogen and oxygen atoms in total. The van der Waals surface area contributed by atoms with Gasteiger partial charge in [-0.3, -0.25) is 14.4 Å². The Hall–Kier alpha value is -4.68. The molecule has 41 heavy (non-hydrogen) atoms. The van der Waals surface area contributed by atoms with Gasteiger partial charge in [-0.15, -0.1) is 0 Å². The third kappa shape index (κ3) is 3.60. The van der Waals surface area contributed by atoms with Crippen LogP contribution in [0.3, 0.4) is 0 Å². The van der Waals surface area contributed by atoms with Gasteiger partial charge in [0.05, 0.1) is 19.1 Å². The van der Waals surface area contributed by atoms with Gasteiger partial charge in [0.25, 0.3) is 0 Å². The van der Waals surface area contributed by atoms with Crippen LogP contribution in [-0.4, -0.2) is 36.7 Å². The second kappa shape index (κ2) is 9.46. The molecule has 1 amide bonds. The van der Waals surface area contributed by atoms with Crippen molar-refractivity contribution in [1.82, 2.24) is 0 Å². The highest BCUT2D eigenvalue weighted by Gasteiger charge is 2.70. The van der Waals surface area contributed by atoms with Crippen LogP contribution in [0.1, 0.15) is 31.8 Å². The summed E-state index contributed by atoms with van der Waals surface area (Å²) in [4.78, 5) is 45.8. The Labute approximate surface area is 242 Å². The minimum Gasteiger partial charge on any atom is -0.497 e. The molecule has 1 saturated heterocycles. The number of nitrogens with zero attached hydrogens (tertiary/aromatic N) is 1. The number of methoxy groups -OCH3 is 1. The van der Waals surface area contributed by atoms with Crippen molar-refractivity contribution in [3.05, 3.63) is 130 Å². The third-order valence-electron chi connectivity index (χ3n) is 8.58. The molecule has 0 radical (unpaired) electrons. The van der Waals surface area contributed by atoms with Crippen LogP contribution in [-0.2, 0) is 10.2 Å². The highest BCUT2D eigenvalue weighted by Crippen LogP contribution is 2.58. The fourth-order valence-electron chi connectivity index (χ4n) is 6.86. The molecule has 3 aliphatic heterocycles. The molecule has 1 fully saturated rings. The lowest BCUT2D eigenvalue weighted by Gasteiger charge is -2.37. The summed E-state index contributed by atoms with van der Waals surface area (Å²) in [6.45, 7) is 0. The number of benzene rings is 4. The molecular weight excluding hydrogens is 536 g/mol. The average Bonchev–Trinajstić information content (AvgIpc) is 3.49. The predicted octanol–water partition coefficient (Wildman–Crippen LogP) is 6.20. The van der Waals surface area contributed by atoms with Gasteiger partial charge in [0.2, 0.25) is 5.91 Å². The van der Waals surface area contributed by atoms with Crippen molar-refractivity contribution >= 4 is 46.5 Å².